The van der Waals surface area contributed by atoms with Crippen molar-refractivity contribution in [3.63, 3.8) is 0 Å². The number of aromatic nitrogens is 2. The Labute approximate surface area is 130 Å². The van der Waals surface area contributed by atoms with E-state index >= 15 is 0 Å². The molecule has 9 heteroatoms. The highest BCUT2D eigenvalue weighted by molar-refractivity contribution is 7.75. The van der Waals surface area contributed by atoms with Crippen LogP contribution >= 0.6 is 12.9 Å². The topological polar surface area (TPSA) is 103 Å². The minimum Gasteiger partial charge on any atom is -0.393 e. The number of nitrogens with zero attached hydrogens (tertiary/aromatic N) is 1. The van der Waals surface area contributed by atoms with Crippen molar-refractivity contribution in [1.29, 1.82) is 0 Å². The van der Waals surface area contributed by atoms with E-state index in [0.717, 1.165) is 12.8 Å². The Kier molecular flexibility index (Phi) is 2.93. The average Bonchev–Trinajstić information content (AvgIpc) is 3.12. The molecule has 0 aromatic carbocycles. The predicted molar refractivity (Wildman–Crippen MR) is 76.7 cm³/mol. The summed E-state index contributed by atoms with van der Waals surface area (Å²) in [7, 11) is 0. The van der Waals surface area contributed by atoms with Crippen LogP contribution in [0.25, 0.3) is 0 Å². The fourth-order valence-corrected chi connectivity index (χ4v) is 3.96. The standard InChI is InChI=1S/C13H16N2O6S/c1-6-4-15(11(18)14-9(6)17)10-7-8(21-22)13(5-16,20-10)12(19-7)2-3-12/h4,7-8,10,16,22H,2-3,5H2,1H3,(H,14,17,18)/t7?,8?,10-,13+/m1/s1. The summed E-state index contributed by atoms with van der Waals surface area (Å²) in [6.45, 7) is 1.31. The average molecular weight is 328 g/mol. The van der Waals surface area contributed by atoms with Crippen LogP contribution in [0.3, 0.4) is 0 Å². The van der Waals surface area contributed by atoms with E-state index in [1.54, 1.807) is 6.92 Å². The molecule has 2 saturated heterocycles. The second kappa shape index (κ2) is 4.45. The molecule has 0 radical (unpaired) electrons. The summed E-state index contributed by atoms with van der Waals surface area (Å²) in [5.41, 5.74) is -2.24. The molecule has 2 N–H and O–H groups in total. The van der Waals surface area contributed by atoms with E-state index in [9.17, 15) is 14.7 Å². The molecule has 2 aliphatic heterocycles. The zero-order valence-corrected chi connectivity index (χ0v) is 12.7. The molecule has 4 rings (SSSR count). The van der Waals surface area contributed by atoms with Gasteiger partial charge in [-0.05, 0) is 32.7 Å². The van der Waals surface area contributed by atoms with E-state index in [2.05, 4.69) is 17.9 Å². The normalized spacial score (nSPS) is 37.9. The molecule has 22 heavy (non-hydrogen) atoms. The number of fused-ring (bicyclic) bond motifs is 3. The molecule has 8 nitrogen and oxygen atoms in total. The van der Waals surface area contributed by atoms with Gasteiger partial charge in [-0.15, -0.1) is 0 Å². The molecule has 4 atom stereocenters. The van der Waals surface area contributed by atoms with Crippen LogP contribution in [-0.2, 0) is 13.7 Å². The number of rotatable bonds is 3. The first-order chi connectivity index (χ1) is 10.5. The van der Waals surface area contributed by atoms with Crippen molar-refractivity contribution in [1.82, 2.24) is 9.55 Å². The summed E-state index contributed by atoms with van der Waals surface area (Å²) in [4.78, 5) is 25.8. The van der Waals surface area contributed by atoms with Crippen molar-refractivity contribution >= 4 is 12.9 Å². The van der Waals surface area contributed by atoms with Gasteiger partial charge in [-0.1, -0.05) is 0 Å². The van der Waals surface area contributed by atoms with Gasteiger partial charge in [0.05, 0.1) is 6.61 Å². The minimum atomic E-state index is -1.03. The Morgan fingerprint density at radius 3 is 2.82 bits per heavy atom. The molecule has 3 heterocycles. The molecule has 1 spiro atoms. The van der Waals surface area contributed by atoms with Crippen molar-refractivity contribution in [3.8, 4) is 0 Å². The Hall–Kier alpha value is -1.13. The number of nitrogens with one attached hydrogen (secondary N) is 1. The fourth-order valence-electron chi connectivity index (χ4n) is 3.67. The van der Waals surface area contributed by atoms with Gasteiger partial charge in [0.1, 0.15) is 17.8 Å². The monoisotopic (exact) mass is 328 g/mol. The highest BCUT2D eigenvalue weighted by Gasteiger charge is 2.79. The van der Waals surface area contributed by atoms with Crippen LogP contribution in [0.1, 0.15) is 24.6 Å². The maximum absolute atomic E-state index is 12.1. The molecule has 1 aromatic rings. The molecular weight excluding hydrogens is 312 g/mol. The van der Waals surface area contributed by atoms with E-state index in [-0.39, 0.29) is 6.61 Å². The van der Waals surface area contributed by atoms with Crippen LogP contribution in [0.5, 0.6) is 0 Å². The Bertz CT molecular complexity index is 741. The third-order valence-electron chi connectivity index (χ3n) is 4.98. The number of hydrogen-bond acceptors (Lipinski definition) is 7. The predicted octanol–water partition coefficient (Wildman–Crippen LogP) is -0.734. The third kappa shape index (κ3) is 1.57. The van der Waals surface area contributed by atoms with E-state index in [1.165, 1.54) is 10.8 Å². The molecule has 3 fully saturated rings. The van der Waals surface area contributed by atoms with Gasteiger partial charge in [0.2, 0.25) is 0 Å². The van der Waals surface area contributed by atoms with Gasteiger partial charge >= 0.3 is 5.69 Å². The van der Waals surface area contributed by atoms with Crippen molar-refractivity contribution in [2.75, 3.05) is 6.61 Å². The molecule has 2 bridgehead atoms. The zero-order chi connectivity index (χ0) is 15.7. The second-order valence-corrected chi connectivity index (χ2v) is 6.35. The van der Waals surface area contributed by atoms with Crippen LogP contribution < -0.4 is 11.2 Å². The first kappa shape index (κ1) is 14.5. The van der Waals surface area contributed by atoms with Gasteiger partial charge in [0.15, 0.2) is 11.8 Å². The number of aliphatic hydroxyl groups is 1. The summed E-state index contributed by atoms with van der Waals surface area (Å²) in [5.74, 6) is 0. The Morgan fingerprint density at radius 2 is 2.23 bits per heavy atom. The van der Waals surface area contributed by atoms with Gasteiger partial charge in [-0.25, -0.2) is 4.79 Å². The first-order valence-corrected chi connectivity index (χ1v) is 7.43. The van der Waals surface area contributed by atoms with Crippen LogP contribution in [0, 0.1) is 6.92 Å². The molecule has 3 aliphatic rings. The number of aliphatic hydroxyl groups excluding tert-OH is 1. The van der Waals surface area contributed by atoms with Crippen LogP contribution in [0.15, 0.2) is 15.8 Å². The van der Waals surface area contributed by atoms with Gasteiger partial charge in [0, 0.05) is 11.8 Å². The Balaban J connectivity index is 1.80. The summed E-state index contributed by atoms with van der Waals surface area (Å²) in [6.07, 6.45) is 1.02. The highest BCUT2D eigenvalue weighted by Crippen LogP contribution is 2.64. The molecule has 1 aromatic heterocycles. The van der Waals surface area contributed by atoms with Gasteiger partial charge < -0.3 is 18.8 Å². The first-order valence-electron chi connectivity index (χ1n) is 7.07. The quantitative estimate of drug-likeness (QED) is 0.499. The van der Waals surface area contributed by atoms with E-state index in [1.807, 2.05) is 0 Å². The highest BCUT2D eigenvalue weighted by atomic mass is 32.1. The molecular formula is C13H16N2O6S. The molecule has 120 valence electrons. The van der Waals surface area contributed by atoms with E-state index in [0.29, 0.717) is 5.56 Å². The third-order valence-corrected chi connectivity index (χ3v) is 5.20. The molecule has 0 amide bonds. The van der Waals surface area contributed by atoms with Crippen molar-refractivity contribution in [2.45, 2.75) is 49.4 Å². The van der Waals surface area contributed by atoms with Gasteiger partial charge in [-0.3, -0.25) is 14.3 Å². The second-order valence-electron chi connectivity index (χ2n) is 6.14. The summed E-state index contributed by atoms with van der Waals surface area (Å²) < 4.78 is 18.6. The number of hydrogen-bond donors (Lipinski definition) is 3. The lowest BCUT2D eigenvalue weighted by atomic mass is 9.91. The summed E-state index contributed by atoms with van der Waals surface area (Å²) >= 11 is 3.89. The Morgan fingerprint density at radius 1 is 1.50 bits per heavy atom. The van der Waals surface area contributed by atoms with Crippen molar-refractivity contribution in [2.24, 2.45) is 0 Å². The number of H-pyrrole nitrogens is 1. The largest absolute Gasteiger partial charge is 0.393 e. The smallest absolute Gasteiger partial charge is 0.330 e. The lowest BCUT2D eigenvalue weighted by Crippen LogP contribution is -2.53. The SMILES string of the molecule is Cc1cn([C@@H]2O[C@@]3(CO)C(OS)C2OC32CC2)c(=O)[nH]c1=O. The van der Waals surface area contributed by atoms with E-state index < -0.39 is 40.9 Å². The number of aryl methyl sites for hydroxylation is 1. The minimum absolute atomic E-state index is 0.289. The molecule has 2 unspecified atom stereocenters. The number of ether oxygens (including phenoxy) is 2. The fraction of sp³-hybridized carbons (Fsp3) is 0.692. The van der Waals surface area contributed by atoms with Crippen LogP contribution in [0.4, 0.5) is 0 Å². The van der Waals surface area contributed by atoms with Gasteiger partial charge in [0.25, 0.3) is 5.56 Å². The van der Waals surface area contributed by atoms with E-state index in [4.69, 9.17) is 13.7 Å². The number of thiol groups is 1. The van der Waals surface area contributed by atoms with Crippen molar-refractivity contribution in [3.05, 3.63) is 32.6 Å². The summed E-state index contributed by atoms with van der Waals surface area (Å²) in [6, 6.07) is 0. The van der Waals surface area contributed by atoms with Crippen LogP contribution in [-0.4, -0.2) is 44.7 Å². The number of aromatic amines is 1. The molecule has 1 saturated carbocycles. The zero-order valence-electron chi connectivity index (χ0n) is 11.8. The maximum Gasteiger partial charge on any atom is 0.330 e. The maximum atomic E-state index is 12.1. The summed E-state index contributed by atoms with van der Waals surface area (Å²) in [5, 5.41) is 9.89. The van der Waals surface area contributed by atoms with Crippen molar-refractivity contribution < 1.29 is 18.8 Å². The lowest BCUT2D eigenvalue weighted by Gasteiger charge is -2.37. The van der Waals surface area contributed by atoms with Crippen LogP contribution in [0.2, 0.25) is 0 Å². The lowest BCUT2D eigenvalue weighted by molar-refractivity contribution is -0.235. The van der Waals surface area contributed by atoms with Gasteiger partial charge in [-0.2, -0.15) is 0 Å². The molecule has 1 aliphatic carbocycles.